The van der Waals surface area contributed by atoms with Crippen LogP contribution in [0.4, 0.5) is 0 Å². The smallest absolute Gasteiger partial charge is 0.236 e. The zero-order valence-corrected chi connectivity index (χ0v) is 9.73. The van der Waals surface area contributed by atoms with Crippen molar-refractivity contribution in [1.82, 2.24) is 4.90 Å². The van der Waals surface area contributed by atoms with Gasteiger partial charge in [0.05, 0.1) is 4.83 Å². The maximum absolute atomic E-state index is 11.5. The van der Waals surface area contributed by atoms with Crippen LogP contribution in [0.15, 0.2) is 0 Å². The maximum atomic E-state index is 11.5. The van der Waals surface area contributed by atoms with Crippen molar-refractivity contribution < 1.29 is 4.79 Å². The molecular weight excluding hydrogens is 218 g/mol. The standard InChI is InChI=1S/C9H18BrNO/c1-4-6-7-11(3)9(12)8(10)5-2/h8H,4-7H2,1-3H3. The van der Waals surface area contributed by atoms with Crippen molar-refractivity contribution in [3.63, 3.8) is 0 Å². The molecule has 0 radical (unpaired) electrons. The Morgan fingerprint density at radius 1 is 1.50 bits per heavy atom. The number of rotatable bonds is 5. The SMILES string of the molecule is CCCCN(C)C(=O)C(Br)CC. The first-order valence-electron chi connectivity index (χ1n) is 4.52. The van der Waals surface area contributed by atoms with Crippen molar-refractivity contribution in [2.45, 2.75) is 37.9 Å². The molecule has 0 fully saturated rings. The van der Waals surface area contributed by atoms with Crippen LogP contribution in [0.25, 0.3) is 0 Å². The fraction of sp³-hybridized carbons (Fsp3) is 0.889. The van der Waals surface area contributed by atoms with E-state index in [4.69, 9.17) is 0 Å². The third-order valence-electron chi connectivity index (χ3n) is 1.85. The van der Waals surface area contributed by atoms with Crippen LogP contribution >= 0.6 is 15.9 Å². The molecule has 1 amide bonds. The minimum Gasteiger partial charge on any atom is -0.345 e. The Morgan fingerprint density at radius 3 is 2.50 bits per heavy atom. The molecule has 0 bridgehead atoms. The summed E-state index contributed by atoms with van der Waals surface area (Å²) in [5.41, 5.74) is 0. The third-order valence-corrected chi connectivity index (χ3v) is 2.89. The van der Waals surface area contributed by atoms with E-state index in [2.05, 4.69) is 22.9 Å². The first kappa shape index (κ1) is 11.9. The van der Waals surface area contributed by atoms with Crippen molar-refractivity contribution in [2.75, 3.05) is 13.6 Å². The summed E-state index contributed by atoms with van der Waals surface area (Å²) in [6, 6.07) is 0. The number of hydrogen-bond acceptors (Lipinski definition) is 1. The van der Waals surface area contributed by atoms with Crippen molar-refractivity contribution in [2.24, 2.45) is 0 Å². The fourth-order valence-corrected chi connectivity index (χ4v) is 1.27. The van der Waals surface area contributed by atoms with Gasteiger partial charge in [0, 0.05) is 13.6 Å². The summed E-state index contributed by atoms with van der Waals surface area (Å²) in [5.74, 6) is 0.200. The second kappa shape index (κ2) is 6.46. The van der Waals surface area contributed by atoms with Crippen LogP contribution in [-0.2, 0) is 4.79 Å². The molecule has 0 saturated carbocycles. The van der Waals surface area contributed by atoms with Gasteiger partial charge in [0.2, 0.25) is 5.91 Å². The molecule has 0 aromatic heterocycles. The Labute approximate surface area is 83.4 Å². The summed E-state index contributed by atoms with van der Waals surface area (Å²) < 4.78 is 0. The molecule has 0 aliphatic rings. The van der Waals surface area contributed by atoms with E-state index in [1.165, 1.54) is 0 Å². The average molecular weight is 236 g/mol. The minimum absolute atomic E-state index is 0.000596. The number of carbonyl (C=O) groups excluding carboxylic acids is 1. The van der Waals surface area contributed by atoms with E-state index in [-0.39, 0.29) is 10.7 Å². The van der Waals surface area contributed by atoms with E-state index >= 15 is 0 Å². The van der Waals surface area contributed by atoms with E-state index in [0.29, 0.717) is 0 Å². The largest absolute Gasteiger partial charge is 0.345 e. The summed E-state index contributed by atoms with van der Waals surface area (Å²) in [6.07, 6.45) is 3.08. The molecule has 2 nitrogen and oxygen atoms in total. The molecule has 0 aliphatic heterocycles. The van der Waals surface area contributed by atoms with Gasteiger partial charge < -0.3 is 4.90 Å². The van der Waals surface area contributed by atoms with Crippen molar-refractivity contribution in [3.8, 4) is 0 Å². The first-order chi connectivity index (χ1) is 5.63. The van der Waals surface area contributed by atoms with Gasteiger partial charge in [-0.05, 0) is 12.8 Å². The topological polar surface area (TPSA) is 20.3 Å². The molecule has 72 valence electrons. The second-order valence-corrected chi connectivity index (χ2v) is 4.09. The molecule has 0 N–H and O–H groups in total. The van der Waals surface area contributed by atoms with E-state index in [9.17, 15) is 4.79 Å². The molecule has 0 heterocycles. The van der Waals surface area contributed by atoms with Gasteiger partial charge in [-0.25, -0.2) is 0 Å². The zero-order valence-electron chi connectivity index (χ0n) is 8.14. The normalized spacial score (nSPS) is 12.7. The lowest BCUT2D eigenvalue weighted by Crippen LogP contribution is -2.33. The number of hydrogen-bond donors (Lipinski definition) is 0. The number of alkyl halides is 1. The number of halogens is 1. The zero-order chi connectivity index (χ0) is 9.56. The summed E-state index contributed by atoms with van der Waals surface area (Å²) in [6.45, 7) is 5.01. The Bertz CT molecular complexity index is 138. The minimum atomic E-state index is -0.000596. The van der Waals surface area contributed by atoms with Crippen molar-refractivity contribution >= 4 is 21.8 Å². The molecular formula is C9H18BrNO. The molecule has 1 unspecified atom stereocenters. The van der Waals surface area contributed by atoms with Crippen LogP contribution in [0.1, 0.15) is 33.1 Å². The summed E-state index contributed by atoms with van der Waals surface area (Å²) in [5, 5.41) is 0. The summed E-state index contributed by atoms with van der Waals surface area (Å²) in [4.78, 5) is 13.3. The van der Waals surface area contributed by atoms with Gasteiger partial charge in [-0.3, -0.25) is 4.79 Å². The van der Waals surface area contributed by atoms with E-state index in [1.54, 1.807) is 4.90 Å². The number of carbonyl (C=O) groups is 1. The van der Waals surface area contributed by atoms with Crippen LogP contribution < -0.4 is 0 Å². The Hall–Kier alpha value is -0.0500. The number of amides is 1. The van der Waals surface area contributed by atoms with E-state index in [0.717, 1.165) is 25.8 Å². The van der Waals surface area contributed by atoms with Crippen LogP contribution in [0.3, 0.4) is 0 Å². The van der Waals surface area contributed by atoms with Gasteiger partial charge in [0.15, 0.2) is 0 Å². The highest BCUT2D eigenvalue weighted by molar-refractivity contribution is 9.10. The lowest BCUT2D eigenvalue weighted by molar-refractivity contribution is -0.129. The second-order valence-electron chi connectivity index (χ2n) is 2.99. The maximum Gasteiger partial charge on any atom is 0.236 e. The Balaban J connectivity index is 3.75. The van der Waals surface area contributed by atoms with Crippen LogP contribution in [0.5, 0.6) is 0 Å². The Morgan fingerprint density at radius 2 is 2.08 bits per heavy atom. The molecule has 0 aliphatic carbocycles. The highest BCUT2D eigenvalue weighted by atomic mass is 79.9. The summed E-state index contributed by atoms with van der Waals surface area (Å²) in [7, 11) is 1.86. The molecule has 0 aromatic carbocycles. The predicted molar refractivity (Wildman–Crippen MR) is 55.6 cm³/mol. The highest BCUT2D eigenvalue weighted by Gasteiger charge is 2.15. The Kier molecular flexibility index (Phi) is 6.44. The fourth-order valence-electron chi connectivity index (χ4n) is 0.919. The van der Waals surface area contributed by atoms with Gasteiger partial charge in [0.25, 0.3) is 0 Å². The van der Waals surface area contributed by atoms with E-state index < -0.39 is 0 Å². The monoisotopic (exact) mass is 235 g/mol. The van der Waals surface area contributed by atoms with Gasteiger partial charge in [0.1, 0.15) is 0 Å². The lowest BCUT2D eigenvalue weighted by Gasteiger charge is -2.19. The molecule has 1 atom stereocenters. The van der Waals surface area contributed by atoms with Gasteiger partial charge in [-0.2, -0.15) is 0 Å². The van der Waals surface area contributed by atoms with Crippen LogP contribution in [0, 0.1) is 0 Å². The van der Waals surface area contributed by atoms with Gasteiger partial charge in [-0.1, -0.05) is 36.2 Å². The molecule has 0 aromatic rings. The van der Waals surface area contributed by atoms with Gasteiger partial charge in [-0.15, -0.1) is 0 Å². The van der Waals surface area contributed by atoms with Crippen LogP contribution in [0.2, 0.25) is 0 Å². The number of unbranched alkanes of at least 4 members (excludes halogenated alkanes) is 1. The summed E-state index contributed by atoms with van der Waals surface area (Å²) >= 11 is 3.34. The molecule has 12 heavy (non-hydrogen) atoms. The highest BCUT2D eigenvalue weighted by Crippen LogP contribution is 2.08. The van der Waals surface area contributed by atoms with Crippen molar-refractivity contribution in [1.29, 1.82) is 0 Å². The van der Waals surface area contributed by atoms with Crippen LogP contribution in [-0.4, -0.2) is 29.2 Å². The molecule has 3 heteroatoms. The molecule has 0 saturated heterocycles. The average Bonchev–Trinajstić information content (AvgIpc) is 2.11. The molecule has 0 rings (SSSR count). The lowest BCUT2D eigenvalue weighted by atomic mass is 10.2. The predicted octanol–water partition coefficient (Wildman–Crippen LogP) is 2.42. The van der Waals surface area contributed by atoms with E-state index in [1.807, 2.05) is 14.0 Å². The molecule has 0 spiro atoms. The van der Waals surface area contributed by atoms with Crippen molar-refractivity contribution in [3.05, 3.63) is 0 Å². The van der Waals surface area contributed by atoms with Gasteiger partial charge >= 0.3 is 0 Å². The quantitative estimate of drug-likeness (QED) is 0.671. The third kappa shape index (κ3) is 4.10. The first-order valence-corrected chi connectivity index (χ1v) is 5.44. The number of nitrogens with zero attached hydrogens (tertiary/aromatic N) is 1.